The zero-order valence-corrected chi connectivity index (χ0v) is 15.9. The van der Waals surface area contributed by atoms with Crippen LogP contribution in [0.25, 0.3) is 5.82 Å². The summed E-state index contributed by atoms with van der Waals surface area (Å²) in [6.07, 6.45) is 0. The molecule has 2 aromatic heterocycles. The molecule has 0 amide bonds. The molecule has 0 aliphatic carbocycles. The monoisotopic (exact) mass is 488 g/mol. The van der Waals surface area contributed by atoms with Gasteiger partial charge in [-0.1, -0.05) is 7.43 Å². The summed E-state index contributed by atoms with van der Waals surface area (Å²) < 4.78 is 3.84. The average molecular weight is 488 g/mol. The fourth-order valence-corrected chi connectivity index (χ4v) is 1.82. The minimum atomic E-state index is 0. The lowest BCUT2D eigenvalue weighted by atomic mass is 10.2. The first-order valence-corrected chi connectivity index (χ1v) is 11.9. The Hall–Kier alpha value is -0.120. The van der Waals surface area contributed by atoms with E-state index in [0.717, 1.165) is 11.5 Å². The highest BCUT2D eigenvalue weighted by Gasteiger charge is 2.15. The number of halogens is 2. The van der Waals surface area contributed by atoms with E-state index in [1.165, 1.54) is 22.5 Å². The molecule has 2 heterocycles. The Labute approximate surface area is 139 Å². The van der Waals surface area contributed by atoms with Gasteiger partial charge in [0.05, 0.1) is 5.69 Å². The van der Waals surface area contributed by atoms with E-state index in [0.29, 0.717) is 0 Å². The Morgan fingerprint density at radius 3 is 1.68 bits per heavy atom. The molecule has 6 heteroatoms. The van der Waals surface area contributed by atoms with Crippen molar-refractivity contribution < 1.29 is 0 Å². The average Bonchev–Trinajstić information content (AvgIpc) is 2.77. The van der Waals surface area contributed by atoms with Crippen molar-refractivity contribution in [2.75, 3.05) is 0 Å². The van der Waals surface area contributed by atoms with E-state index < -0.39 is 0 Å². The van der Waals surface area contributed by atoms with Gasteiger partial charge in [0, 0.05) is 61.2 Å². The first-order chi connectivity index (χ1) is 8.43. The maximum Gasteiger partial charge on any atom is 0.178 e. The van der Waals surface area contributed by atoms with Crippen LogP contribution in [0.3, 0.4) is 0 Å². The van der Waals surface area contributed by atoms with Crippen LogP contribution in [0.5, 0.6) is 0 Å². The van der Waals surface area contributed by atoms with Gasteiger partial charge in [-0.3, -0.25) is 4.68 Å². The summed E-state index contributed by atoms with van der Waals surface area (Å²) in [7, 11) is 1.96. The van der Waals surface area contributed by atoms with E-state index in [1.54, 1.807) is 0 Å². The molecule has 0 saturated heterocycles. The van der Waals surface area contributed by atoms with Crippen LogP contribution in [0.2, 0.25) is 0 Å². The van der Waals surface area contributed by atoms with Crippen molar-refractivity contribution >= 4 is 37.2 Å². The van der Waals surface area contributed by atoms with Crippen LogP contribution < -0.4 is 0 Å². The van der Waals surface area contributed by atoms with Gasteiger partial charge >= 0.3 is 0 Å². The van der Waals surface area contributed by atoms with E-state index in [9.17, 15) is 0 Å². The van der Waals surface area contributed by atoms with Gasteiger partial charge in [0.25, 0.3) is 0 Å². The molecule has 0 radical (unpaired) electrons. The summed E-state index contributed by atoms with van der Waals surface area (Å²) in [6, 6.07) is 0. The molecule has 0 aromatic carbocycles. The normalized spacial score (nSPS) is 9.68. The van der Waals surface area contributed by atoms with Crippen molar-refractivity contribution in [3.8, 4) is 5.82 Å². The number of rotatable bonds is 1. The zero-order valence-electron chi connectivity index (χ0n) is 11.5. The molecule has 0 atom stereocenters. The first-order valence-electron chi connectivity index (χ1n) is 5.61. The number of hydrogen-bond donors (Lipinski definition) is 0. The Morgan fingerprint density at radius 1 is 0.842 bits per heavy atom. The van der Waals surface area contributed by atoms with Gasteiger partial charge in [-0.15, -0.1) is 0 Å². The van der Waals surface area contributed by atoms with E-state index in [4.69, 9.17) is 0 Å². The largest absolute Gasteiger partial charge is 0.270 e. The highest BCUT2D eigenvalue weighted by atomic mass is 128. The topological polar surface area (TPSA) is 35.6 Å². The highest BCUT2D eigenvalue weighted by Crippen LogP contribution is 2.20. The van der Waals surface area contributed by atoms with Crippen LogP contribution >= 0.6 is 37.2 Å². The van der Waals surface area contributed by atoms with Crippen molar-refractivity contribution in [2.45, 2.75) is 42.0 Å². The van der Waals surface area contributed by atoms with Crippen molar-refractivity contribution in [2.24, 2.45) is 7.05 Å². The molecular formula is C13H22I2N4. The van der Waals surface area contributed by atoms with E-state index >= 15 is 0 Å². The fraction of sp³-hybridized carbons (Fsp3) is 0.538. The molecule has 0 saturated carbocycles. The molecule has 0 bridgehead atoms. The number of nitrogens with zero attached hydrogens (tertiary/aromatic N) is 4. The SMILES string of the molecule is C.Cc1nn(-c2nn(C)c(C)c2C)c(C)c1C.II. The summed E-state index contributed by atoms with van der Waals surface area (Å²) in [5.74, 6) is 0.939. The molecule has 0 fully saturated rings. The Morgan fingerprint density at radius 2 is 1.37 bits per heavy atom. The van der Waals surface area contributed by atoms with Crippen molar-refractivity contribution in [1.29, 1.82) is 0 Å². The number of aromatic nitrogens is 4. The van der Waals surface area contributed by atoms with E-state index in [2.05, 4.69) is 75.1 Å². The Balaban J connectivity index is 0.00000103. The van der Waals surface area contributed by atoms with Gasteiger partial charge in [-0.2, -0.15) is 10.2 Å². The quantitative estimate of drug-likeness (QED) is 0.553. The zero-order chi connectivity index (χ0) is 14.0. The third kappa shape index (κ3) is 3.50. The summed E-state index contributed by atoms with van der Waals surface area (Å²) in [5, 5.41) is 9.05. The smallest absolute Gasteiger partial charge is 0.178 e. The standard InChI is InChI=1S/C12H18N4.CH4.I2/c1-7-9(3)13-16(11(7)5)12-8(2)10(4)15(6)14-12;;1-2/h1-6H3;1H4;. The Bertz CT molecular complexity index is 505. The summed E-state index contributed by atoms with van der Waals surface area (Å²) in [4.78, 5) is 0. The summed E-state index contributed by atoms with van der Waals surface area (Å²) in [6.45, 7) is 10.4. The van der Waals surface area contributed by atoms with Gasteiger partial charge in [-0.05, 0) is 40.2 Å². The minimum Gasteiger partial charge on any atom is -0.270 e. The van der Waals surface area contributed by atoms with Gasteiger partial charge in [-0.25, -0.2) is 4.68 Å². The molecule has 0 aliphatic heterocycles. The van der Waals surface area contributed by atoms with Crippen molar-refractivity contribution in [3.63, 3.8) is 0 Å². The molecule has 2 rings (SSSR count). The molecule has 19 heavy (non-hydrogen) atoms. The minimum absolute atomic E-state index is 0. The lowest BCUT2D eigenvalue weighted by molar-refractivity contribution is 0.706. The molecule has 108 valence electrons. The second-order valence-corrected chi connectivity index (χ2v) is 4.37. The molecular weight excluding hydrogens is 466 g/mol. The van der Waals surface area contributed by atoms with E-state index in [-0.39, 0.29) is 7.43 Å². The van der Waals surface area contributed by atoms with E-state index in [1.807, 2.05) is 23.3 Å². The lowest BCUT2D eigenvalue weighted by Gasteiger charge is -2.01. The predicted octanol–water partition coefficient (Wildman–Crippen LogP) is 4.56. The number of hydrogen-bond acceptors (Lipinski definition) is 2. The highest BCUT2D eigenvalue weighted by molar-refractivity contribution is 15.0. The maximum absolute atomic E-state index is 4.54. The van der Waals surface area contributed by atoms with Crippen molar-refractivity contribution in [3.05, 3.63) is 28.2 Å². The van der Waals surface area contributed by atoms with Gasteiger partial charge < -0.3 is 0 Å². The third-order valence-corrected chi connectivity index (χ3v) is 3.46. The molecule has 2 aromatic rings. The van der Waals surface area contributed by atoms with Crippen LogP contribution in [0, 0.1) is 34.6 Å². The van der Waals surface area contributed by atoms with Gasteiger partial charge in [0.2, 0.25) is 0 Å². The fourth-order valence-electron chi connectivity index (χ4n) is 1.82. The first kappa shape index (κ1) is 18.9. The van der Waals surface area contributed by atoms with Crippen molar-refractivity contribution in [1.82, 2.24) is 19.6 Å². The lowest BCUT2D eigenvalue weighted by Crippen LogP contribution is -2.02. The van der Waals surface area contributed by atoms with Gasteiger partial charge in [0.1, 0.15) is 0 Å². The van der Waals surface area contributed by atoms with Crippen LogP contribution in [-0.2, 0) is 7.05 Å². The number of aryl methyl sites for hydroxylation is 2. The second-order valence-electron chi connectivity index (χ2n) is 4.37. The Kier molecular flexibility index (Phi) is 7.56. The molecule has 0 unspecified atom stereocenters. The maximum atomic E-state index is 4.54. The summed E-state index contributed by atoms with van der Waals surface area (Å²) >= 11 is 4.24. The molecule has 4 nitrogen and oxygen atoms in total. The molecule has 0 spiro atoms. The predicted molar refractivity (Wildman–Crippen MR) is 98.8 cm³/mol. The van der Waals surface area contributed by atoms with Crippen LogP contribution in [0.15, 0.2) is 0 Å². The third-order valence-electron chi connectivity index (χ3n) is 3.46. The van der Waals surface area contributed by atoms with Gasteiger partial charge in [0.15, 0.2) is 5.82 Å². The summed E-state index contributed by atoms with van der Waals surface area (Å²) in [5.41, 5.74) is 5.84. The van der Waals surface area contributed by atoms with Crippen LogP contribution in [0.1, 0.15) is 35.6 Å². The molecule has 0 aliphatic rings. The second kappa shape index (κ2) is 7.61. The van der Waals surface area contributed by atoms with Crippen LogP contribution in [-0.4, -0.2) is 19.6 Å². The molecule has 0 N–H and O–H groups in total. The van der Waals surface area contributed by atoms with Crippen LogP contribution in [0.4, 0.5) is 0 Å².